The monoisotopic (exact) mass is 436 g/mol. The van der Waals surface area contributed by atoms with Gasteiger partial charge in [-0.25, -0.2) is 8.42 Å². The fraction of sp³-hybridized carbons (Fsp3) is 0.250. The van der Waals surface area contributed by atoms with Gasteiger partial charge < -0.3 is 0 Å². The number of nitrogens with zero attached hydrogens (tertiary/aromatic N) is 3. The minimum absolute atomic E-state index is 0.335. The Morgan fingerprint density at radius 2 is 2.17 bits per heavy atom. The second-order valence-corrected chi connectivity index (χ2v) is 9.23. The summed E-state index contributed by atoms with van der Waals surface area (Å²) in [5.41, 5.74) is 0.402. The third kappa shape index (κ3) is 5.16. The van der Waals surface area contributed by atoms with Gasteiger partial charge >= 0.3 is 0 Å². The lowest BCUT2D eigenvalue weighted by molar-refractivity contribution is -0.114. The van der Waals surface area contributed by atoms with E-state index in [-0.39, 0.29) is 6.54 Å². The SMILES string of the molecule is CSc1nnc(NC(=O)CN(c2cccc(Br)c2)S(C)(=O)=O)s1. The summed E-state index contributed by atoms with van der Waals surface area (Å²) in [6, 6.07) is 6.72. The second kappa shape index (κ2) is 7.60. The summed E-state index contributed by atoms with van der Waals surface area (Å²) >= 11 is 5.93. The Kier molecular flexibility index (Phi) is 6.00. The number of aromatic nitrogens is 2. The van der Waals surface area contributed by atoms with Gasteiger partial charge in [-0.15, -0.1) is 10.2 Å². The second-order valence-electron chi connectivity index (χ2n) is 4.37. The molecule has 0 spiro atoms. The molecule has 2 rings (SSSR count). The van der Waals surface area contributed by atoms with Crippen molar-refractivity contribution in [3.05, 3.63) is 28.7 Å². The van der Waals surface area contributed by atoms with Crippen LogP contribution in [0.2, 0.25) is 0 Å². The van der Waals surface area contributed by atoms with Crippen LogP contribution in [0.4, 0.5) is 10.8 Å². The van der Waals surface area contributed by atoms with Crippen LogP contribution in [-0.2, 0) is 14.8 Å². The maximum Gasteiger partial charge on any atom is 0.246 e. The minimum atomic E-state index is -3.61. The zero-order valence-electron chi connectivity index (χ0n) is 12.2. The molecular formula is C12H13BrN4O3S3. The van der Waals surface area contributed by atoms with Crippen molar-refractivity contribution in [1.82, 2.24) is 10.2 Å². The third-order valence-corrected chi connectivity index (χ3v) is 6.06. The van der Waals surface area contributed by atoms with Gasteiger partial charge in [-0.2, -0.15) is 0 Å². The molecule has 0 saturated heterocycles. The van der Waals surface area contributed by atoms with E-state index in [0.29, 0.717) is 15.2 Å². The number of carbonyl (C=O) groups is 1. The molecule has 0 atom stereocenters. The van der Waals surface area contributed by atoms with Crippen molar-refractivity contribution in [3.8, 4) is 0 Å². The van der Waals surface area contributed by atoms with Gasteiger partial charge in [0.05, 0.1) is 11.9 Å². The molecule has 1 aromatic carbocycles. The van der Waals surface area contributed by atoms with Crippen LogP contribution >= 0.6 is 39.0 Å². The number of hydrogen-bond acceptors (Lipinski definition) is 7. The van der Waals surface area contributed by atoms with E-state index >= 15 is 0 Å². The van der Waals surface area contributed by atoms with Crippen molar-refractivity contribution in [2.75, 3.05) is 28.7 Å². The topological polar surface area (TPSA) is 92.3 Å². The fourth-order valence-electron chi connectivity index (χ4n) is 1.66. The van der Waals surface area contributed by atoms with Crippen molar-refractivity contribution in [1.29, 1.82) is 0 Å². The number of benzene rings is 1. The van der Waals surface area contributed by atoms with Gasteiger partial charge in [-0.3, -0.25) is 14.4 Å². The van der Waals surface area contributed by atoms with E-state index in [2.05, 4.69) is 31.4 Å². The average molecular weight is 437 g/mol. The Morgan fingerprint density at radius 1 is 1.43 bits per heavy atom. The van der Waals surface area contributed by atoms with E-state index in [1.807, 2.05) is 6.26 Å². The number of anilines is 2. The third-order valence-electron chi connectivity index (χ3n) is 2.61. The van der Waals surface area contributed by atoms with Crippen molar-refractivity contribution in [3.63, 3.8) is 0 Å². The molecule has 0 radical (unpaired) electrons. The molecular weight excluding hydrogens is 424 g/mol. The molecule has 0 bridgehead atoms. The van der Waals surface area contributed by atoms with E-state index in [9.17, 15) is 13.2 Å². The molecule has 0 unspecified atom stereocenters. The lowest BCUT2D eigenvalue weighted by atomic mass is 10.3. The highest BCUT2D eigenvalue weighted by Crippen LogP contribution is 2.24. The fourth-order valence-corrected chi connectivity index (χ4v) is 4.08. The maximum absolute atomic E-state index is 12.1. The van der Waals surface area contributed by atoms with Gasteiger partial charge in [0.2, 0.25) is 21.1 Å². The van der Waals surface area contributed by atoms with Crippen LogP contribution in [0.15, 0.2) is 33.1 Å². The van der Waals surface area contributed by atoms with E-state index in [4.69, 9.17) is 0 Å². The van der Waals surface area contributed by atoms with Crippen molar-refractivity contribution >= 4 is 65.8 Å². The molecule has 7 nitrogen and oxygen atoms in total. The lowest BCUT2D eigenvalue weighted by Crippen LogP contribution is -2.37. The molecule has 11 heteroatoms. The zero-order valence-corrected chi connectivity index (χ0v) is 16.2. The Bertz CT molecular complexity index is 809. The number of halogens is 1. The summed E-state index contributed by atoms with van der Waals surface area (Å²) in [5, 5.41) is 10.6. The van der Waals surface area contributed by atoms with Gasteiger partial charge in [-0.05, 0) is 24.5 Å². The Balaban J connectivity index is 2.16. The number of thioether (sulfide) groups is 1. The first-order valence-electron chi connectivity index (χ1n) is 6.20. The van der Waals surface area contributed by atoms with E-state index in [1.165, 1.54) is 23.1 Å². The molecule has 1 aromatic heterocycles. The van der Waals surface area contributed by atoms with Crippen LogP contribution in [0.1, 0.15) is 0 Å². The molecule has 0 fully saturated rings. The lowest BCUT2D eigenvalue weighted by Gasteiger charge is -2.21. The number of nitrogens with one attached hydrogen (secondary N) is 1. The highest BCUT2D eigenvalue weighted by Gasteiger charge is 2.21. The largest absolute Gasteiger partial charge is 0.299 e. The normalized spacial score (nSPS) is 11.3. The molecule has 0 aliphatic carbocycles. The predicted octanol–water partition coefficient (Wildman–Crippen LogP) is 2.43. The Morgan fingerprint density at radius 3 is 2.74 bits per heavy atom. The first-order chi connectivity index (χ1) is 10.8. The molecule has 2 aromatic rings. The molecule has 23 heavy (non-hydrogen) atoms. The van der Waals surface area contributed by atoms with Gasteiger partial charge in [0.15, 0.2) is 4.34 Å². The number of rotatable bonds is 6. The van der Waals surface area contributed by atoms with E-state index < -0.39 is 15.9 Å². The summed E-state index contributed by atoms with van der Waals surface area (Å²) in [5.74, 6) is -0.487. The number of hydrogen-bond donors (Lipinski definition) is 1. The minimum Gasteiger partial charge on any atom is -0.299 e. The highest BCUT2D eigenvalue weighted by molar-refractivity contribution is 9.10. The van der Waals surface area contributed by atoms with Crippen LogP contribution in [0.5, 0.6) is 0 Å². The first-order valence-corrected chi connectivity index (χ1v) is 10.9. The number of carbonyl (C=O) groups excluding carboxylic acids is 1. The summed E-state index contributed by atoms with van der Waals surface area (Å²) in [6.45, 7) is -0.344. The van der Waals surface area contributed by atoms with Gasteiger partial charge in [0.25, 0.3) is 0 Å². The number of sulfonamides is 1. The van der Waals surface area contributed by atoms with Gasteiger partial charge in [0, 0.05) is 4.47 Å². The van der Waals surface area contributed by atoms with Gasteiger partial charge in [-0.1, -0.05) is 45.1 Å². The number of amides is 1. The van der Waals surface area contributed by atoms with E-state index in [1.54, 1.807) is 24.3 Å². The average Bonchev–Trinajstić information content (AvgIpc) is 2.91. The smallest absolute Gasteiger partial charge is 0.246 e. The molecule has 1 heterocycles. The molecule has 0 aliphatic rings. The van der Waals surface area contributed by atoms with Crippen molar-refractivity contribution in [2.45, 2.75) is 4.34 Å². The summed E-state index contributed by atoms with van der Waals surface area (Å²) < 4.78 is 26.4. The zero-order chi connectivity index (χ0) is 17.0. The van der Waals surface area contributed by atoms with Crippen LogP contribution in [-0.4, -0.2) is 43.6 Å². The Labute approximate surface area is 150 Å². The molecule has 0 aliphatic heterocycles. The van der Waals surface area contributed by atoms with Crippen LogP contribution < -0.4 is 9.62 Å². The van der Waals surface area contributed by atoms with E-state index in [0.717, 1.165) is 15.0 Å². The van der Waals surface area contributed by atoms with Crippen LogP contribution in [0.25, 0.3) is 0 Å². The molecule has 124 valence electrons. The van der Waals surface area contributed by atoms with Crippen LogP contribution in [0, 0.1) is 0 Å². The first kappa shape index (κ1) is 18.2. The molecule has 0 saturated carbocycles. The summed E-state index contributed by atoms with van der Waals surface area (Å²) in [4.78, 5) is 12.1. The van der Waals surface area contributed by atoms with Gasteiger partial charge in [0.1, 0.15) is 6.54 Å². The van der Waals surface area contributed by atoms with Crippen molar-refractivity contribution in [2.24, 2.45) is 0 Å². The predicted molar refractivity (Wildman–Crippen MR) is 96.7 cm³/mol. The van der Waals surface area contributed by atoms with Crippen LogP contribution in [0.3, 0.4) is 0 Å². The van der Waals surface area contributed by atoms with Crippen molar-refractivity contribution < 1.29 is 13.2 Å². The standard InChI is InChI=1S/C12H13BrN4O3S3/c1-21-12-16-15-11(22-12)14-10(18)7-17(23(2,19)20)9-5-3-4-8(13)6-9/h3-6H,7H2,1-2H3,(H,14,15,18). The highest BCUT2D eigenvalue weighted by atomic mass is 79.9. The molecule has 1 amide bonds. The Hall–Kier alpha value is -1.17. The quantitative estimate of drug-likeness (QED) is 0.551. The summed E-state index contributed by atoms with van der Waals surface area (Å²) in [7, 11) is -3.61. The molecule has 1 N–H and O–H groups in total. The maximum atomic E-state index is 12.1. The summed E-state index contributed by atoms with van der Waals surface area (Å²) in [6.07, 6.45) is 2.91.